The van der Waals surface area contributed by atoms with Crippen LogP contribution in [0.4, 0.5) is 0 Å². The maximum Gasteiger partial charge on any atom is 0.251 e. The van der Waals surface area contributed by atoms with Crippen LogP contribution in [-0.4, -0.2) is 15.3 Å². The van der Waals surface area contributed by atoms with Crippen molar-refractivity contribution in [2.45, 2.75) is 13.3 Å². The first-order valence-electron chi connectivity index (χ1n) is 6.49. The second-order valence-corrected chi connectivity index (χ2v) is 4.48. The highest BCUT2D eigenvalue weighted by Crippen LogP contribution is 2.31. The standard InChI is InChI=1S/C16H14N2O2/c1-2-11-8-9-13(14(19)10-11)16-18-17-15(20-16)12-6-4-3-5-7-12/h3-10,19H,2H2,1H3. The number of rotatable bonds is 3. The van der Waals surface area contributed by atoms with Crippen molar-refractivity contribution < 1.29 is 9.52 Å². The van der Waals surface area contributed by atoms with Gasteiger partial charge < -0.3 is 9.52 Å². The molecule has 3 rings (SSSR count). The van der Waals surface area contributed by atoms with Crippen LogP contribution < -0.4 is 0 Å². The van der Waals surface area contributed by atoms with E-state index in [1.807, 2.05) is 43.3 Å². The Balaban J connectivity index is 1.98. The summed E-state index contributed by atoms with van der Waals surface area (Å²) in [7, 11) is 0. The van der Waals surface area contributed by atoms with Gasteiger partial charge in [0.15, 0.2) is 0 Å². The van der Waals surface area contributed by atoms with Crippen molar-refractivity contribution >= 4 is 0 Å². The molecule has 1 N–H and O–H groups in total. The Morgan fingerprint density at radius 2 is 1.75 bits per heavy atom. The molecule has 20 heavy (non-hydrogen) atoms. The maximum absolute atomic E-state index is 10.0. The molecule has 3 aromatic rings. The third-order valence-corrected chi connectivity index (χ3v) is 3.15. The van der Waals surface area contributed by atoms with Crippen molar-refractivity contribution in [1.29, 1.82) is 0 Å². The molecule has 2 aromatic carbocycles. The molecule has 100 valence electrons. The molecule has 0 aliphatic carbocycles. The molecule has 0 spiro atoms. The van der Waals surface area contributed by atoms with E-state index < -0.39 is 0 Å². The number of phenols is 1. The lowest BCUT2D eigenvalue weighted by Gasteiger charge is -2.02. The lowest BCUT2D eigenvalue weighted by Crippen LogP contribution is -1.83. The van der Waals surface area contributed by atoms with Gasteiger partial charge >= 0.3 is 0 Å². The first-order valence-corrected chi connectivity index (χ1v) is 6.49. The van der Waals surface area contributed by atoms with Crippen LogP contribution in [0.25, 0.3) is 22.9 Å². The minimum Gasteiger partial charge on any atom is -0.507 e. The van der Waals surface area contributed by atoms with E-state index in [4.69, 9.17) is 4.42 Å². The maximum atomic E-state index is 10.0. The van der Waals surface area contributed by atoms with Crippen molar-refractivity contribution in [3.63, 3.8) is 0 Å². The molecule has 0 aliphatic rings. The van der Waals surface area contributed by atoms with Crippen molar-refractivity contribution in [3.8, 4) is 28.7 Å². The number of aromatic nitrogens is 2. The third-order valence-electron chi connectivity index (χ3n) is 3.15. The zero-order chi connectivity index (χ0) is 13.9. The summed E-state index contributed by atoms with van der Waals surface area (Å²) in [4.78, 5) is 0. The van der Waals surface area contributed by atoms with Crippen LogP contribution in [0.1, 0.15) is 12.5 Å². The van der Waals surface area contributed by atoms with Crippen LogP contribution >= 0.6 is 0 Å². The van der Waals surface area contributed by atoms with Gasteiger partial charge in [-0.1, -0.05) is 31.2 Å². The Morgan fingerprint density at radius 1 is 1.00 bits per heavy atom. The van der Waals surface area contributed by atoms with Crippen molar-refractivity contribution in [2.75, 3.05) is 0 Å². The smallest absolute Gasteiger partial charge is 0.251 e. The highest BCUT2D eigenvalue weighted by atomic mass is 16.4. The molecule has 0 unspecified atom stereocenters. The SMILES string of the molecule is CCc1ccc(-c2nnc(-c3ccccc3)o2)c(O)c1. The van der Waals surface area contributed by atoms with Crippen molar-refractivity contribution in [2.24, 2.45) is 0 Å². The number of hydrogen-bond acceptors (Lipinski definition) is 4. The Morgan fingerprint density at radius 3 is 2.45 bits per heavy atom. The zero-order valence-electron chi connectivity index (χ0n) is 11.1. The molecule has 4 heteroatoms. The first-order chi connectivity index (χ1) is 9.78. The minimum atomic E-state index is 0.160. The molecule has 0 atom stereocenters. The number of benzene rings is 2. The molecule has 0 saturated carbocycles. The Hall–Kier alpha value is -2.62. The minimum absolute atomic E-state index is 0.160. The molecule has 1 aromatic heterocycles. The molecular weight excluding hydrogens is 252 g/mol. The zero-order valence-corrected chi connectivity index (χ0v) is 11.1. The molecule has 1 heterocycles. The van der Waals surface area contributed by atoms with E-state index in [0.717, 1.165) is 17.5 Å². The summed E-state index contributed by atoms with van der Waals surface area (Å²) in [5.74, 6) is 0.927. The second-order valence-electron chi connectivity index (χ2n) is 4.48. The number of nitrogens with zero attached hydrogens (tertiary/aromatic N) is 2. The molecule has 0 aliphatic heterocycles. The fourth-order valence-corrected chi connectivity index (χ4v) is 2.01. The van der Waals surface area contributed by atoms with Crippen LogP contribution in [0.2, 0.25) is 0 Å². The number of aromatic hydroxyl groups is 1. The van der Waals surface area contributed by atoms with Gasteiger partial charge in [0.05, 0.1) is 5.56 Å². The van der Waals surface area contributed by atoms with Gasteiger partial charge in [-0.15, -0.1) is 10.2 Å². The molecule has 0 fully saturated rings. The molecule has 4 nitrogen and oxygen atoms in total. The highest BCUT2D eigenvalue weighted by molar-refractivity contribution is 5.64. The average molecular weight is 266 g/mol. The van der Waals surface area contributed by atoms with E-state index in [0.29, 0.717) is 17.3 Å². The van der Waals surface area contributed by atoms with Gasteiger partial charge in [-0.3, -0.25) is 0 Å². The van der Waals surface area contributed by atoms with Gasteiger partial charge in [-0.05, 0) is 36.2 Å². The van der Waals surface area contributed by atoms with Crippen molar-refractivity contribution in [1.82, 2.24) is 10.2 Å². The van der Waals surface area contributed by atoms with Crippen LogP contribution in [0.15, 0.2) is 52.9 Å². The van der Waals surface area contributed by atoms with Crippen LogP contribution in [0.3, 0.4) is 0 Å². The van der Waals surface area contributed by atoms with E-state index in [1.54, 1.807) is 12.1 Å². The number of aryl methyl sites for hydroxylation is 1. The van der Waals surface area contributed by atoms with Gasteiger partial charge in [-0.2, -0.15) is 0 Å². The topological polar surface area (TPSA) is 59.2 Å². The lowest BCUT2D eigenvalue weighted by molar-refractivity contribution is 0.472. The van der Waals surface area contributed by atoms with E-state index in [9.17, 15) is 5.11 Å². The normalized spacial score (nSPS) is 10.7. The van der Waals surface area contributed by atoms with Gasteiger partial charge in [0.1, 0.15) is 5.75 Å². The van der Waals surface area contributed by atoms with Gasteiger partial charge in [0.2, 0.25) is 5.89 Å². The fraction of sp³-hybridized carbons (Fsp3) is 0.125. The fourth-order valence-electron chi connectivity index (χ4n) is 2.01. The molecule has 0 bridgehead atoms. The number of phenolic OH excluding ortho intramolecular Hbond substituents is 1. The monoisotopic (exact) mass is 266 g/mol. The Labute approximate surface area is 116 Å². The van der Waals surface area contributed by atoms with Crippen molar-refractivity contribution in [3.05, 3.63) is 54.1 Å². The summed E-state index contributed by atoms with van der Waals surface area (Å²) in [6.07, 6.45) is 0.868. The summed E-state index contributed by atoms with van der Waals surface area (Å²) in [5, 5.41) is 18.0. The van der Waals surface area contributed by atoms with Crippen LogP contribution in [0, 0.1) is 0 Å². The predicted octanol–water partition coefficient (Wildman–Crippen LogP) is 3.67. The van der Waals surface area contributed by atoms with Crippen LogP contribution in [0.5, 0.6) is 5.75 Å². The van der Waals surface area contributed by atoms with Gasteiger partial charge in [-0.25, -0.2) is 0 Å². The predicted molar refractivity (Wildman–Crippen MR) is 76.2 cm³/mol. The number of hydrogen-bond donors (Lipinski definition) is 1. The first kappa shape index (κ1) is 12.4. The lowest BCUT2D eigenvalue weighted by atomic mass is 10.1. The second kappa shape index (κ2) is 5.17. The van der Waals surface area contributed by atoms with E-state index >= 15 is 0 Å². The quantitative estimate of drug-likeness (QED) is 0.785. The molecule has 0 amide bonds. The van der Waals surface area contributed by atoms with E-state index in [1.165, 1.54) is 0 Å². The summed E-state index contributed by atoms with van der Waals surface area (Å²) in [6, 6.07) is 15.0. The Bertz CT molecular complexity index is 720. The third kappa shape index (κ3) is 2.28. The highest BCUT2D eigenvalue weighted by Gasteiger charge is 2.13. The van der Waals surface area contributed by atoms with E-state index in [-0.39, 0.29) is 5.75 Å². The Kier molecular flexibility index (Phi) is 3.21. The van der Waals surface area contributed by atoms with E-state index in [2.05, 4.69) is 10.2 Å². The summed E-state index contributed by atoms with van der Waals surface area (Å²) in [5.41, 5.74) is 2.47. The van der Waals surface area contributed by atoms with Gasteiger partial charge in [0.25, 0.3) is 5.89 Å². The summed E-state index contributed by atoms with van der Waals surface area (Å²) in [6.45, 7) is 2.04. The van der Waals surface area contributed by atoms with Crippen LogP contribution in [-0.2, 0) is 6.42 Å². The largest absolute Gasteiger partial charge is 0.507 e. The molecule has 0 radical (unpaired) electrons. The van der Waals surface area contributed by atoms with Gasteiger partial charge in [0, 0.05) is 5.56 Å². The molecular formula is C16H14N2O2. The average Bonchev–Trinajstić information content (AvgIpc) is 2.97. The summed E-state index contributed by atoms with van der Waals surface area (Å²) < 4.78 is 5.63. The summed E-state index contributed by atoms with van der Waals surface area (Å²) >= 11 is 0. The molecule has 0 saturated heterocycles.